The van der Waals surface area contributed by atoms with Crippen LogP contribution in [-0.4, -0.2) is 27.1 Å². The van der Waals surface area contributed by atoms with Gasteiger partial charge in [0.1, 0.15) is 19.0 Å². The first-order valence-corrected chi connectivity index (χ1v) is 11.1. The highest BCUT2D eigenvalue weighted by molar-refractivity contribution is 5.91. The molecule has 2 aliphatic heterocycles. The molecule has 3 aromatic carbocycles. The van der Waals surface area contributed by atoms with Crippen LogP contribution in [0.25, 0.3) is 22.0 Å². The Morgan fingerprint density at radius 1 is 0.912 bits per heavy atom. The van der Waals surface area contributed by atoms with Gasteiger partial charge in [0.25, 0.3) is 0 Å². The van der Waals surface area contributed by atoms with Crippen LogP contribution in [0, 0.1) is 0 Å². The van der Waals surface area contributed by atoms with E-state index in [1.165, 1.54) is 11.1 Å². The molecule has 1 aromatic heterocycles. The monoisotopic (exact) mass is 521 g/mol. The molecule has 0 N–H and O–H groups in total. The SMILES string of the molecule is COc1ccc2cc3[n+](cc2c1OCCOc1ccccc1)CCc1cc2c(cc1-3)OCO2.[Br-]. The van der Waals surface area contributed by atoms with E-state index in [0.29, 0.717) is 19.0 Å². The number of methoxy groups -OCH3 is 1. The number of hydrogen-bond acceptors (Lipinski definition) is 5. The lowest BCUT2D eigenvalue weighted by atomic mass is 9.95. The molecular weight excluding hydrogens is 498 g/mol. The van der Waals surface area contributed by atoms with Crippen LogP contribution in [0.1, 0.15) is 5.56 Å². The standard InChI is InChI=1S/C27H24NO5.BrH/c1-29-24-8-7-18-13-23-21-15-26-25(32-17-33-26)14-19(21)9-10-28(23)16-22(18)27(24)31-12-11-30-20-5-3-2-4-6-20;/h2-8,13-16H,9-12,17H2,1H3;1H/q+1;/p-1. The molecule has 0 fully saturated rings. The van der Waals surface area contributed by atoms with Gasteiger partial charge in [0.15, 0.2) is 35.7 Å². The summed E-state index contributed by atoms with van der Waals surface area (Å²) in [5, 5.41) is 2.11. The van der Waals surface area contributed by atoms with Crippen LogP contribution in [0.5, 0.6) is 28.7 Å². The fourth-order valence-corrected chi connectivity index (χ4v) is 4.53. The Morgan fingerprint density at radius 2 is 1.71 bits per heavy atom. The highest BCUT2D eigenvalue weighted by Gasteiger charge is 2.28. The van der Waals surface area contributed by atoms with Gasteiger partial charge in [-0.3, -0.25) is 0 Å². The molecule has 3 heterocycles. The van der Waals surface area contributed by atoms with Gasteiger partial charge in [-0.1, -0.05) is 18.2 Å². The zero-order chi connectivity index (χ0) is 22.2. The molecule has 4 aromatic rings. The molecule has 174 valence electrons. The molecule has 2 aliphatic rings. The Balaban J connectivity index is 0.00000241. The van der Waals surface area contributed by atoms with E-state index >= 15 is 0 Å². The number of pyridine rings is 1. The van der Waals surface area contributed by atoms with Gasteiger partial charge >= 0.3 is 0 Å². The molecule has 0 atom stereocenters. The highest BCUT2D eigenvalue weighted by atomic mass is 79.9. The lowest BCUT2D eigenvalue weighted by molar-refractivity contribution is -0.686. The molecule has 0 unspecified atom stereocenters. The lowest BCUT2D eigenvalue weighted by Crippen LogP contribution is -3.00. The smallest absolute Gasteiger partial charge is 0.231 e. The molecule has 0 spiro atoms. The van der Waals surface area contributed by atoms with Crippen LogP contribution in [0.4, 0.5) is 0 Å². The molecule has 7 heteroatoms. The van der Waals surface area contributed by atoms with Crippen molar-refractivity contribution in [1.82, 2.24) is 0 Å². The number of rotatable bonds is 6. The molecule has 0 saturated heterocycles. The first-order chi connectivity index (χ1) is 16.3. The summed E-state index contributed by atoms with van der Waals surface area (Å²) in [4.78, 5) is 0. The predicted octanol–water partition coefficient (Wildman–Crippen LogP) is 1.55. The third-order valence-electron chi connectivity index (χ3n) is 6.14. The molecular formula is C27H24BrNO5. The number of para-hydroxylation sites is 1. The topological polar surface area (TPSA) is 50.0 Å². The number of hydrogen-bond donors (Lipinski definition) is 0. The van der Waals surface area contributed by atoms with Crippen molar-refractivity contribution in [1.29, 1.82) is 0 Å². The first-order valence-electron chi connectivity index (χ1n) is 11.1. The van der Waals surface area contributed by atoms with Gasteiger partial charge in [-0.05, 0) is 47.3 Å². The van der Waals surface area contributed by atoms with Gasteiger partial charge in [0.2, 0.25) is 12.5 Å². The molecule has 6 nitrogen and oxygen atoms in total. The Bertz CT molecular complexity index is 1340. The summed E-state index contributed by atoms with van der Waals surface area (Å²) in [6.45, 7) is 2.02. The van der Waals surface area contributed by atoms with Crippen molar-refractivity contribution in [3.8, 4) is 40.0 Å². The number of nitrogens with zero attached hydrogens (tertiary/aromatic N) is 1. The Kier molecular flexibility index (Phi) is 6.20. The van der Waals surface area contributed by atoms with Crippen LogP contribution >= 0.6 is 0 Å². The van der Waals surface area contributed by atoms with Gasteiger partial charge in [-0.15, -0.1) is 0 Å². The van der Waals surface area contributed by atoms with E-state index in [9.17, 15) is 0 Å². The molecule has 0 aliphatic carbocycles. The minimum atomic E-state index is 0. The van der Waals surface area contributed by atoms with E-state index in [1.807, 2.05) is 36.4 Å². The van der Waals surface area contributed by atoms with E-state index in [4.69, 9.17) is 23.7 Å². The second-order valence-corrected chi connectivity index (χ2v) is 8.07. The van der Waals surface area contributed by atoms with Crippen molar-refractivity contribution in [3.05, 3.63) is 72.4 Å². The zero-order valence-electron chi connectivity index (χ0n) is 18.8. The minimum absolute atomic E-state index is 0. The summed E-state index contributed by atoms with van der Waals surface area (Å²) in [6.07, 6.45) is 3.09. The lowest BCUT2D eigenvalue weighted by Gasteiger charge is -2.18. The minimum Gasteiger partial charge on any atom is -1.00 e. The number of halogens is 1. The average Bonchev–Trinajstić information content (AvgIpc) is 3.32. The molecule has 0 bridgehead atoms. The maximum Gasteiger partial charge on any atom is 0.231 e. The van der Waals surface area contributed by atoms with Crippen molar-refractivity contribution in [2.75, 3.05) is 27.1 Å². The Labute approximate surface area is 208 Å². The summed E-state index contributed by atoms with van der Waals surface area (Å²) in [5.74, 6) is 3.91. The van der Waals surface area contributed by atoms with Gasteiger partial charge in [-0.2, -0.15) is 4.57 Å². The van der Waals surface area contributed by atoms with E-state index in [1.54, 1.807) is 7.11 Å². The molecule has 0 saturated carbocycles. The maximum atomic E-state index is 6.18. The van der Waals surface area contributed by atoms with Crippen molar-refractivity contribution in [2.24, 2.45) is 0 Å². The van der Waals surface area contributed by atoms with Crippen molar-refractivity contribution < 1.29 is 45.2 Å². The van der Waals surface area contributed by atoms with Crippen LogP contribution in [0.2, 0.25) is 0 Å². The Hall–Kier alpha value is -3.45. The van der Waals surface area contributed by atoms with Gasteiger partial charge in [-0.25, -0.2) is 0 Å². The van der Waals surface area contributed by atoms with Crippen molar-refractivity contribution in [2.45, 2.75) is 13.0 Å². The van der Waals surface area contributed by atoms with Crippen LogP contribution in [0.15, 0.2) is 66.9 Å². The van der Waals surface area contributed by atoms with Gasteiger partial charge in [0, 0.05) is 12.5 Å². The summed E-state index contributed by atoms with van der Waals surface area (Å²) in [6, 6.07) is 20.2. The normalized spacial score (nSPS) is 13.0. The predicted molar refractivity (Wildman–Crippen MR) is 123 cm³/mol. The van der Waals surface area contributed by atoms with Crippen molar-refractivity contribution in [3.63, 3.8) is 0 Å². The average molecular weight is 522 g/mol. The largest absolute Gasteiger partial charge is 1.00 e. The summed E-state index contributed by atoms with van der Waals surface area (Å²) in [5.41, 5.74) is 3.62. The van der Waals surface area contributed by atoms with E-state index in [0.717, 1.165) is 52.4 Å². The molecule has 0 amide bonds. The fraction of sp³-hybridized carbons (Fsp3) is 0.222. The summed E-state index contributed by atoms with van der Waals surface area (Å²) in [7, 11) is 1.67. The second-order valence-electron chi connectivity index (χ2n) is 8.07. The quantitative estimate of drug-likeness (QED) is 0.284. The molecule has 6 rings (SSSR count). The first kappa shape index (κ1) is 22.3. The van der Waals surface area contributed by atoms with Crippen LogP contribution in [0.3, 0.4) is 0 Å². The van der Waals surface area contributed by atoms with Gasteiger partial charge in [0.05, 0.1) is 18.1 Å². The fourth-order valence-electron chi connectivity index (χ4n) is 4.53. The van der Waals surface area contributed by atoms with E-state index in [2.05, 4.69) is 35.0 Å². The maximum absolute atomic E-state index is 6.18. The Morgan fingerprint density at radius 3 is 2.53 bits per heavy atom. The van der Waals surface area contributed by atoms with E-state index in [-0.39, 0.29) is 23.8 Å². The zero-order valence-corrected chi connectivity index (χ0v) is 20.3. The number of ether oxygens (including phenoxy) is 5. The summed E-state index contributed by atoms with van der Waals surface area (Å²) < 4.78 is 31.1. The van der Waals surface area contributed by atoms with Crippen LogP contribution in [-0.2, 0) is 13.0 Å². The summed E-state index contributed by atoms with van der Waals surface area (Å²) >= 11 is 0. The third kappa shape index (κ3) is 4.01. The molecule has 34 heavy (non-hydrogen) atoms. The van der Waals surface area contributed by atoms with Crippen LogP contribution < -0.4 is 45.2 Å². The van der Waals surface area contributed by atoms with Gasteiger partial charge < -0.3 is 40.7 Å². The third-order valence-corrected chi connectivity index (χ3v) is 6.14. The second kappa shape index (κ2) is 9.43. The number of aromatic nitrogens is 1. The van der Waals surface area contributed by atoms with E-state index < -0.39 is 0 Å². The highest BCUT2D eigenvalue weighted by Crippen LogP contribution is 2.41. The van der Waals surface area contributed by atoms with Crippen molar-refractivity contribution >= 4 is 10.8 Å². The molecule has 0 radical (unpaired) electrons. The number of aryl methyl sites for hydroxylation is 2. The number of benzene rings is 3. The number of fused-ring (bicyclic) bond motifs is 5.